The quantitative estimate of drug-likeness (QED) is 0.300. The standard InChI is InChI=1S/C20H32F3N5O2.HI/c1-24-19(25-7-8-26(2)15-20(21,22)23)28-11-9-27(10-12-28)14-16-13-17(29-3)5-6-18(16)30-4;/h5-6,13H,7-12,14-15H2,1-4H3,(H,24,25);1H. The number of methoxy groups -OCH3 is 2. The number of nitrogens with one attached hydrogen (secondary N) is 1. The fourth-order valence-corrected chi connectivity index (χ4v) is 3.44. The molecule has 7 nitrogen and oxygen atoms in total. The zero-order chi connectivity index (χ0) is 22.1. The summed E-state index contributed by atoms with van der Waals surface area (Å²) in [6, 6.07) is 5.78. The summed E-state index contributed by atoms with van der Waals surface area (Å²) in [5, 5.41) is 3.17. The van der Waals surface area contributed by atoms with Gasteiger partial charge in [0, 0.05) is 58.4 Å². The number of piperazine rings is 1. The molecule has 31 heavy (non-hydrogen) atoms. The lowest BCUT2D eigenvalue weighted by Crippen LogP contribution is -2.53. The largest absolute Gasteiger partial charge is 0.497 e. The Labute approximate surface area is 199 Å². The maximum absolute atomic E-state index is 12.4. The van der Waals surface area contributed by atoms with E-state index in [2.05, 4.69) is 20.1 Å². The number of halogens is 4. The number of hydrogen-bond acceptors (Lipinski definition) is 5. The van der Waals surface area contributed by atoms with Crippen molar-refractivity contribution in [1.29, 1.82) is 0 Å². The SMILES string of the molecule is CN=C(NCCN(C)CC(F)(F)F)N1CCN(Cc2cc(OC)ccc2OC)CC1.I. The minimum atomic E-state index is -4.18. The van der Waals surface area contributed by atoms with Gasteiger partial charge in [0.25, 0.3) is 0 Å². The molecular formula is C20H33F3IN5O2. The highest BCUT2D eigenvalue weighted by Gasteiger charge is 2.29. The molecule has 0 spiro atoms. The van der Waals surface area contributed by atoms with Gasteiger partial charge in [-0.1, -0.05) is 0 Å². The molecule has 0 radical (unpaired) electrons. The van der Waals surface area contributed by atoms with Crippen LogP contribution in [0.15, 0.2) is 23.2 Å². The van der Waals surface area contributed by atoms with Gasteiger partial charge in [-0.05, 0) is 25.2 Å². The molecule has 1 aliphatic heterocycles. The molecule has 1 aromatic carbocycles. The summed E-state index contributed by atoms with van der Waals surface area (Å²) in [5.74, 6) is 2.34. The Balaban J connectivity index is 0.00000480. The second-order valence-corrected chi connectivity index (χ2v) is 7.27. The minimum absolute atomic E-state index is 0. The predicted octanol–water partition coefficient (Wildman–Crippen LogP) is 2.51. The zero-order valence-electron chi connectivity index (χ0n) is 18.5. The first kappa shape index (κ1) is 27.6. The number of guanidine groups is 1. The van der Waals surface area contributed by atoms with E-state index in [0.717, 1.165) is 49.8 Å². The monoisotopic (exact) mass is 559 g/mol. The maximum Gasteiger partial charge on any atom is 0.401 e. The van der Waals surface area contributed by atoms with Crippen molar-refractivity contribution >= 4 is 29.9 Å². The van der Waals surface area contributed by atoms with Gasteiger partial charge in [0.15, 0.2) is 5.96 Å². The zero-order valence-corrected chi connectivity index (χ0v) is 20.9. The molecule has 0 bridgehead atoms. The van der Waals surface area contributed by atoms with Crippen molar-refractivity contribution in [1.82, 2.24) is 20.0 Å². The molecule has 0 amide bonds. The number of rotatable bonds is 8. The van der Waals surface area contributed by atoms with E-state index in [0.29, 0.717) is 12.5 Å². The fraction of sp³-hybridized carbons (Fsp3) is 0.650. The highest BCUT2D eigenvalue weighted by molar-refractivity contribution is 14.0. The Morgan fingerprint density at radius 2 is 1.84 bits per heavy atom. The van der Waals surface area contributed by atoms with E-state index in [1.54, 1.807) is 21.3 Å². The third-order valence-corrected chi connectivity index (χ3v) is 4.99. The molecule has 1 aliphatic rings. The van der Waals surface area contributed by atoms with Gasteiger partial charge in [-0.3, -0.25) is 14.8 Å². The Morgan fingerprint density at radius 1 is 1.16 bits per heavy atom. The molecule has 1 aromatic rings. The second kappa shape index (κ2) is 13.2. The Morgan fingerprint density at radius 3 is 2.39 bits per heavy atom. The van der Waals surface area contributed by atoms with Crippen LogP contribution in [0.5, 0.6) is 11.5 Å². The number of likely N-dealkylation sites (N-methyl/N-ethyl adjacent to an activating group) is 1. The van der Waals surface area contributed by atoms with Crippen LogP contribution in [0.4, 0.5) is 13.2 Å². The third kappa shape index (κ3) is 9.27. The van der Waals surface area contributed by atoms with Crippen molar-refractivity contribution in [2.24, 2.45) is 4.99 Å². The van der Waals surface area contributed by atoms with Crippen molar-refractivity contribution in [2.75, 3.05) is 74.1 Å². The van der Waals surface area contributed by atoms with Crippen molar-refractivity contribution in [3.8, 4) is 11.5 Å². The molecular weight excluding hydrogens is 526 g/mol. The van der Waals surface area contributed by atoms with Gasteiger partial charge in [0.05, 0.1) is 20.8 Å². The van der Waals surface area contributed by atoms with Crippen molar-refractivity contribution in [3.63, 3.8) is 0 Å². The Kier molecular flexibility index (Phi) is 11.7. The Hall–Kier alpha value is -1.47. The van der Waals surface area contributed by atoms with Gasteiger partial charge >= 0.3 is 6.18 Å². The molecule has 1 heterocycles. The highest BCUT2D eigenvalue weighted by Crippen LogP contribution is 2.25. The average molecular weight is 559 g/mol. The van der Waals surface area contributed by atoms with Crippen LogP contribution in [-0.2, 0) is 6.54 Å². The Bertz CT molecular complexity index is 698. The molecule has 0 aromatic heterocycles. The summed E-state index contributed by atoms with van der Waals surface area (Å²) in [7, 11) is 6.45. The fourth-order valence-electron chi connectivity index (χ4n) is 3.44. The molecule has 1 saturated heterocycles. The van der Waals surface area contributed by atoms with Crippen LogP contribution < -0.4 is 14.8 Å². The molecule has 2 rings (SSSR count). The molecule has 0 saturated carbocycles. The first-order valence-electron chi connectivity index (χ1n) is 9.90. The number of ether oxygens (including phenoxy) is 2. The molecule has 0 atom stereocenters. The first-order valence-corrected chi connectivity index (χ1v) is 9.90. The van der Waals surface area contributed by atoms with Gasteiger partial charge in [0.1, 0.15) is 11.5 Å². The summed E-state index contributed by atoms with van der Waals surface area (Å²) in [4.78, 5) is 9.99. The minimum Gasteiger partial charge on any atom is -0.497 e. The van der Waals surface area contributed by atoms with Crippen molar-refractivity contribution in [3.05, 3.63) is 23.8 Å². The highest BCUT2D eigenvalue weighted by atomic mass is 127. The number of alkyl halides is 3. The molecule has 1 fully saturated rings. The maximum atomic E-state index is 12.4. The van der Waals surface area contributed by atoms with Crippen LogP contribution in [0.25, 0.3) is 0 Å². The van der Waals surface area contributed by atoms with Crippen LogP contribution in [0, 0.1) is 0 Å². The van der Waals surface area contributed by atoms with E-state index < -0.39 is 12.7 Å². The van der Waals surface area contributed by atoms with Gasteiger partial charge in [0.2, 0.25) is 0 Å². The molecule has 178 valence electrons. The van der Waals surface area contributed by atoms with E-state index in [9.17, 15) is 13.2 Å². The lowest BCUT2D eigenvalue weighted by atomic mass is 10.1. The second-order valence-electron chi connectivity index (χ2n) is 7.27. The predicted molar refractivity (Wildman–Crippen MR) is 127 cm³/mol. The normalized spacial score (nSPS) is 15.6. The topological polar surface area (TPSA) is 52.6 Å². The van der Waals surface area contributed by atoms with Gasteiger partial charge in [-0.15, -0.1) is 24.0 Å². The molecule has 0 unspecified atom stereocenters. The van der Waals surface area contributed by atoms with E-state index in [-0.39, 0.29) is 30.5 Å². The van der Waals surface area contributed by atoms with Crippen LogP contribution in [0.2, 0.25) is 0 Å². The van der Waals surface area contributed by atoms with Crippen LogP contribution in [0.1, 0.15) is 5.56 Å². The van der Waals surface area contributed by atoms with E-state index in [4.69, 9.17) is 9.47 Å². The number of hydrogen-bond donors (Lipinski definition) is 1. The van der Waals surface area contributed by atoms with Gasteiger partial charge in [-0.2, -0.15) is 13.2 Å². The summed E-state index contributed by atoms with van der Waals surface area (Å²) in [5.41, 5.74) is 1.07. The third-order valence-electron chi connectivity index (χ3n) is 4.99. The van der Waals surface area contributed by atoms with Gasteiger partial charge in [-0.25, -0.2) is 0 Å². The van der Waals surface area contributed by atoms with E-state index >= 15 is 0 Å². The average Bonchev–Trinajstić information content (AvgIpc) is 2.70. The smallest absolute Gasteiger partial charge is 0.401 e. The summed E-state index contributed by atoms with van der Waals surface area (Å²) >= 11 is 0. The van der Waals surface area contributed by atoms with E-state index in [1.165, 1.54) is 11.9 Å². The van der Waals surface area contributed by atoms with Crippen LogP contribution >= 0.6 is 24.0 Å². The number of benzene rings is 1. The summed E-state index contributed by atoms with van der Waals surface area (Å²) < 4.78 is 48.0. The van der Waals surface area contributed by atoms with Crippen LogP contribution in [-0.4, -0.2) is 101 Å². The van der Waals surface area contributed by atoms with Crippen molar-refractivity contribution in [2.45, 2.75) is 12.7 Å². The number of aliphatic imine (C=N–C) groups is 1. The summed E-state index contributed by atoms with van der Waals surface area (Å²) in [6.07, 6.45) is -4.18. The van der Waals surface area contributed by atoms with E-state index in [1.807, 2.05) is 18.2 Å². The van der Waals surface area contributed by atoms with Gasteiger partial charge < -0.3 is 19.7 Å². The first-order chi connectivity index (χ1) is 14.3. The lowest BCUT2D eigenvalue weighted by molar-refractivity contribution is -0.142. The lowest BCUT2D eigenvalue weighted by Gasteiger charge is -2.36. The summed E-state index contributed by atoms with van der Waals surface area (Å²) in [6.45, 7) is 3.77. The van der Waals surface area contributed by atoms with Crippen LogP contribution in [0.3, 0.4) is 0 Å². The molecule has 0 aliphatic carbocycles. The molecule has 1 N–H and O–H groups in total. The molecule has 11 heteroatoms. The van der Waals surface area contributed by atoms with Crippen molar-refractivity contribution < 1.29 is 22.6 Å². The number of nitrogens with zero attached hydrogens (tertiary/aromatic N) is 4.